The van der Waals surface area contributed by atoms with Gasteiger partial charge in [-0.25, -0.2) is 0 Å². The number of hydrogen-bond acceptors (Lipinski definition) is 4. The van der Waals surface area contributed by atoms with Crippen LogP contribution in [0.4, 0.5) is 14.5 Å². The third kappa shape index (κ3) is 4.98. The van der Waals surface area contributed by atoms with E-state index in [9.17, 15) is 18.4 Å². The number of alkyl halides is 2. The van der Waals surface area contributed by atoms with Gasteiger partial charge in [0, 0.05) is 5.69 Å². The summed E-state index contributed by atoms with van der Waals surface area (Å²) in [6.45, 7) is -3.02. The average molecular weight is 309 g/mol. The smallest absolute Gasteiger partial charge is 0.387 e. The number of nitrogens with two attached hydrogens (primary N) is 1. The lowest BCUT2D eigenvalue weighted by molar-refractivity contribution is -0.138. The second kappa shape index (κ2) is 7.01. The number of amides is 1. The van der Waals surface area contributed by atoms with Crippen LogP contribution in [-0.2, 0) is 9.59 Å². The predicted molar refractivity (Wildman–Crippen MR) is 66.9 cm³/mol. The number of halogens is 3. The first kappa shape index (κ1) is 16.1. The van der Waals surface area contributed by atoms with Crippen LogP contribution >= 0.6 is 11.6 Å². The minimum absolute atomic E-state index is 0.130. The topological polar surface area (TPSA) is 102 Å². The van der Waals surface area contributed by atoms with Gasteiger partial charge in [-0.1, -0.05) is 11.6 Å². The van der Waals surface area contributed by atoms with Gasteiger partial charge in [0.2, 0.25) is 5.91 Å². The van der Waals surface area contributed by atoms with Crippen LogP contribution in [-0.4, -0.2) is 29.6 Å². The largest absolute Gasteiger partial charge is 0.481 e. The Hall–Kier alpha value is -1.93. The SMILES string of the molecule is NC(CC(=O)O)C(=O)Nc1ccc(OC(F)F)c(Cl)c1. The summed E-state index contributed by atoms with van der Waals surface area (Å²) in [6.07, 6.45) is -0.536. The molecule has 1 rings (SSSR count). The lowest BCUT2D eigenvalue weighted by Crippen LogP contribution is -2.37. The minimum Gasteiger partial charge on any atom is -0.481 e. The van der Waals surface area contributed by atoms with Gasteiger partial charge in [-0.3, -0.25) is 9.59 Å². The summed E-state index contributed by atoms with van der Waals surface area (Å²) >= 11 is 5.69. The first-order valence-electron chi connectivity index (χ1n) is 5.32. The van der Waals surface area contributed by atoms with Crippen LogP contribution in [0, 0.1) is 0 Å². The van der Waals surface area contributed by atoms with Crippen LogP contribution in [0.3, 0.4) is 0 Å². The van der Waals surface area contributed by atoms with Crippen LogP contribution in [0.25, 0.3) is 0 Å². The number of carboxylic acid groups (broad SMARTS) is 1. The van der Waals surface area contributed by atoms with Crippen molar-refractivity contribution in [2.45, 2.75) is 19.1 Å². The molecule has 0 aliphatic heterocycles. The van der Waals surface area contributed by atoms with E-state index >= 15 is 0 Å². The standard InChI is InChI=1S/C11H11ClF2N2O4/c12-6-3-5(1-2-8(6)20-11(13)14)16-10(19)7(15)4-9(17)18/h1-3,7,11H,4,15H2,(H,16,19)(H,17,18). The molecule has 0 spiro atoms. The van der Waals surface area contributed by atoms with Gasteiger partial charge in [-0.15, -0.1) is 0 Å². The Bertz CT molecular complexity index is 513. The molecule has 0 heterocycles. The third-order valence-corrected chi connectivity index (χ3v) is 2.44. The van der Waals surface area contributed by atoms with E-state index in [-0.39, 0.29) is 16.5 Å². The van der Waals surface area contributed by atoms with Crippen molar-refractivity contribution in [1.82, 2.24) is 0 Å². The number of benzene rings is 1. The number of aliphatic carboxylic acids is 1. The molecule has 1 unspecified atom stereocenters. The van der Waals surface area contributed by atoms with Crippen molar-refractivity contribution in [3.8, 4) is 5.75 Å². The van der Waals surface area contributed by atoms with E-state index in [0.29, 0.717) is 0 Å². The molecule has 0 saturated carbocycles. The maximum absolute atomic E-state index is 12.0. The molecule has 1 aromatic rings. The van der Waals surface area contributed by atoms with Gasteiger partial charge < -0.3 is 20.9 Å². The molecule has 6 nitrogen and oxygen atoms in total. The molecule has 9 heteroatoms. The fourth-order valence-electron chi connectivity index (χ4n) is 1.29. The fourth-order valence-corrected chi connectivity index (χ4v) is 1.51. The highest BCUT2D eigenvalue weighted by molar-refractivity contribution is 6.32. The van der Waals surface area contributed by atoms with Crippen molar-refractivity contribution in [2.75, 3.05) is 5.32 Å². The number of nitrogens with one attached hydrogen (secondary N) is 1. The van der Waals surface area contributed by atoms with E-state index in [2.05, 4.69) is 10.1 Å². The van der Waals surface area contributed by atoms with Gasteiger partial charge in [0.05, 0.1) is 17.5 Å². The minimum atomic E-state index is -3.02. The summed E-state index contributed by atoms with van der Waals surface area (Å²) in [6, 6.07) is 2.37. The number of ether oxygens (including phenoxy) is 1. The summed E-state index contributed by atoms with van der Waals surface area (Å²) in [5.41, 5.74) is 5.53. The Morgan fingerprint density at radius 1 is 1.45 bits per heavy atom. The van der Waals surface area contributed by atoms with Crippen LogP contribution in [0.15, 0.2) is 18.2 Å². The second-order valence-corrected chi connectivity index (χ2v) is 4.12. The molecular formula is C11H11ClF2N2O4. The molecule has 0 aliphatic rings. The molecule has 110 valence electrons. The highest BCUT2D eigenvalue weighted by Crippen LogP contribution is 2.28. The molecule has 0 bridgehead atoms. The summed E-state index contributed by atoms with van der Waals surface area (Å²) < 4.78 is 28.2. The van der Waals surface area contributed by atoms with E-state index in [0.717, 1.165) is 6.07 Å². The first-order chi connectivity index (χ1) is 9.29. The predicted octanol–water partition coefficient (Wildman–Crippen LogP) is 1.68. The van der Waals surface area contributed by atoms with Gasteiger partial charge in [-0.2, -0.15) is 8.78 Å². The molecule has 0 aromatic heterocycles. The molecule has 1 atom stereocenters. The molecule has 0 aliphatic carbocycles. The lowest BCUT2D eigenvalue weighted by Gasteiger charge is -2.12. The highest BCUT2D eigenvalue weighted by Gasteiger charge is 2.17. The fraction of sp³-hybridized carbons (Fsp3) is 0.273. The summed E-state index contributed by atoms with van der Waals surface area (Å²) in [5, 5.41) is 10.7. The van der Waals surface area contributed by atoms with Crippen LogP contribution in [0.2, 0.25) is 5.02 Å². The number of carbonyl (C=O) groups excluding carboxylic acids is 1. The molecule has 0 saturated heterocycles. The second-order valence-electron chi connectivity index (χ2n) is 3.72. The van der Waals surface area contributed by atoms with E-state index in [1.165, 1.54) is 12.1 Å². The van der Waals surface area contributed by atoms with Gasteiger partial charge in [0.25, 0.3) is 0 Å². The van der Waals surface area contributed by atoms with E-state index in [1.54, 1.807) is 0 Å². The summed E-state index contributed by atoms with van der Waals surface area (Å²) in [4.78, 5) is 21.9. The molecule has 0 fully saturated rings. The summed E-state index contributed by atoms with van der Waals surface area (Å²) in [5.74, 6) is -2.19. The first-order valence-corrected chi connectivity index (χ1v) is 5.70. The molecule has 1 amide bonds. The van der Waals surface area contributed by atoms with Crippen LogP contribution in [0.5, 0.6) is 5.75 Å². The molecular weight excluding hydrogens is 298 g/mol. The number of anilines is 1. The maximum atomic E-state index is 12.0. The van der Waals surface area contributed by atoms with E-state index in [1.807, 2.05) is 0 Å². The quantitative estimate of drug-likeness (QED) is 0.742. The Morgan fingerprint density at radius 2 is 2.10 bits per heavy atom. The Labute approximate surface area is 117 Å². The van der Waals surface area contributed by atoms with Crippen molar-refractivity contribution in [2.24, 2.45) is 5.73 Å². The monoisotopic (exact) mass is 308 g/mol. The van der Waals surface area contributed by atoms with Crippen LogP contribution in [0.1, 0.15) is 6.42 Å². The van der Waals surface area contributed by atoms with E-state index < -0.39 is 31.0 Å². The number of carboxylic acids is 1. The Kier molecular flexibility index (Phi) is 5.66. The van der Waals surface area contributed by atoms with Crippen molar-refractivity contribution < 1.29 is 28.2 Å². The average Bonchev–Trinajstić information content (AvgIpc) is 2.31. The zero-order chi connectivity index (χ0) is 15.3. The van der Waals surface area contributed by atoms with Crippen molar-refractivity contribution >= 4 is 29.2 Å². The van der Waals surface area contributed by atoms with Gasteiger partial charge in [-0.05, 0) is 18.2 Å². The number of rotatable bonds is 6. The Balaban J connectivity index is 2.71. The zero-order valence-electron chi connectivity index (χ0n) is 9.98. The van der Waals surface area contributed by atoms with Gasteiger partial charge in [0.1, 0.15) is 5.75 Å². The van der Waals surface area contributed by atoms with E-state index in [4.69, 9.17) is 22.4 Å². The Morgan fingerprint density at radius 3 is 2.60 bits per heavy atom. The van der Waals surface area contributed by atoms with Gasteiger partial charge >= 0.3 is 12.6 Å². The molecule has 0 radical (unpaired) electrons. The van der Waals surface area contributed by atoms with Crippen molar-refractivity contribution in [3.05, 3.63) is 23.2 Å². The van der Waals surface area contributed by atoms with Crippen LogP contribution < -0.4 is 15.8 Å². The molecule has 4 N–H and O–H groups in total. The molecule has 1 aromatic carbocycles. The van der Waals surface area contributed by atoms with Crippen molar-refractivity contribution in [1.29, 1.82) is 0 Å². The third-order valence-electron chi connectivity index (χ3n) is 2.15. The molecule has 20 heavy (non-hydrogen) atoms. The number of carbonyl (C=O) groups is 2. The summed E-state index contributed by atoms with van der Waals surface area (Å²) in [7, 11) is 0. The highest BCUT2D eigenvalue weighted by atomic mass is 35.5. The lowest BCUT2D eigenvalue weighted by atomic mass is 10.2. The maximum Gasteiger partial charge on any atom is 0.387 e. The zero-order valence-corrected chi connectivity index (χ0v) is 10.7. The van der Waals surface area contributed by atoms with Crippen molar-refractivity contribution in [3.63, 3.8) is 0 Å². The number of hydrogen-bond donors (Lipinski definition) is 3. The van der Waals surface area contributed by atoms with Gasteiger partial charge in [0.15, 0.2) is 0 Å². The normalized spacial score (nSPS) is 12.1.